The van der Waals surface area contributed by atoms with Gasteiger partial charge >= 0.3 is 10.0 Å². The maximum Gasteiger partial charge on any atom is 0.304 e. The minimum absolute atomic E-state index is 0.329. The normalized spacial score (nSPS) is 15.6. The highest BCUT2D eigenvalue weighted by molar-refractivity contribution is 8.22. The Morgan fingerprint density at radius 1 is 1.12 bits per heavy atom. The highest BCUT2D eigenvalue weighted by Gasteiger charge is 2.36. The molecule has 0 aromatic carbocycles. The molecule has 0 aromatic rings. The van der Waals surface area contributed by atoms with Crippen molar-refractivity contribution in [1.82, 2.24) is 4.90 Å². The summed E-state index contributed by atoms with van der Waals surface area (Å²) in [4.78, 5) is 2.25. The second kappa shape index (κ2) is 14.4. The summed E-state index contributed by atoms with van der Waals surface area (Å²) in [7, 11) is -0.684. The zero-order valence-corrected chi connectivity index (χ0v) is 20.3. The molecule has 0 atom stereocenters. The van der Waals surface area contributed by atoms with Crippen molar-refractivity contribution in [1.29, 1.82) is 0 Å². The lowest BCUT2D eigenvalue weighted by Gasteiger charge is -2.41. The van der Waals surface area contributed by atoms with Crippen molar-refractivity contribution in [2.75, 3.05) is 32.1 Å². The summed E-state index contributed by atoms with van der Waals surface area (Å²) < 4.78 is 16.9. The number of ether oxygens (including phenoxy) is 1. The van der Waals surface area contributed by atoms with Crippen LogP contribution in [0.3, 0.4) is 0 Å². The summed E-state index contributed by atoms with van der Waals surface area (Å²) in [5, 5.41) is 0. The Bertz CT molecular complexity index is 336. The first-order chi connectivity index (χ1) is 11.8. The first-order valence-electron chi connectivity index (χ1n) is 9.52. The largest absolute Gasteiger partial charge is 0.396 e. The Balaban J connectivity index is 0.000000547. The van der Waals surface area contributed by atoms with Gasteiger partial charge in [-0.3, -0.25) is 0 Å². The molecular weight excluding hydrogens is 370 g/mol. The predicted molar refractivity (Wildman–Crippen MR) is 117 cm³/mol. The summed E-state index contributed by atoms with van der Waals surface area (Å²) >= 11 is 7.24. The summed E-state index contributed by atoms with van der Waals surface area (Å²) in [5.41, 5.74) is 0.464. The van der Waals surface area contributed by atoms with Crippen molar-refractivity contribution in [3.63, 3.8) is 0 Å². The molecule has 0 spiro atoms. The van der Waals surface area contributed by atoms with E-state index in [9.17, 15) is 0 Å². The van der Waals surface area contributed by atoms with Crippen LogP contribution in [0, 0.1) is 5.41 Å². The second-order valence-corrected chi connectivity index (χ2v) is 9.56. The summed E-state index contributed by atoms with van der Waals surface area (Å²) in [6.45, 7) is 18.6. The number of thioether (sulfide) groups is 1. The molecule has 0 saturated carbocycles. The minimum atomic E-state index is -0.684. The Morgan fingerprint density at radius 2 is 1.64 bits per heavy atom. The van der Waals surface area contributed by atoms with Crippen LogP contribution in [0.2, 0.25) is 0 Å². The number of hydrogen-bond acceptors (Lipinski definition) is 5. The van der Waals surface area contributed by atoms with Crippen molar-refractivity contribution in [2.24, 2.45) is 5.41 Å². The fraction of sp³-hybridized carbons (Fsp3) is 0.944. The maximum absolute atomic E-state index is 5.41. The molecule has 0 aromatic heterocycles. The summed E-state index contributed by atoms with van der Waals surface area (Å²) in [5.74, 6) is 1.13. The molecule has 25 heavy (non-hydrogen) atoms. The summed E-state index contributed by atoms with van der Waals surface area (Å²) in [6, 6.07) is 0. The van der Waals surface area contributed by atoms with Gasteiger partial charge in [-0.2, -0.15) is 0 Å². The van der Waals surface area contributed by atoms with Crippen LogP contribution in [-0.4, -0.2) is 63.5 Å². The topological polar surface area (TPSA) is 30.9 Å². The lowest BCUT2D eigenvalue weighted by atomic mass is 9.81. The van der Waals surface area contributed by atoms with Crippen LogP contribution in [0.1, 0.15) is 61.3 Å². The molecule has 0 aliphatic carbocycles. The fourth-order valence-corrected chi connectivity index (χ4v) is 4.44. The van der Waals surface area contributed by atoms with Gasteiger partial charge in [0, 0.05) is 36.5 Å². The lowest BCUT2D eigenvalue weighted by molar-refractivity contribution is -0.116. The molecule has 0 amide bonds. The molecule has 0 radical (unpaired) electrons. The molecule has 1 heterocycles. The van der Waals surface area contributed by atoms with Crippen LogP contribution in [0.25, 0.3) is 0 Å². The van der Waals surface area contributed by atoms with Gasteiger partial charge in [-0.1, -0.05) is 30.9 Å². The third-order valence-electron chi connectivity index (χ3n) is 4.25. The van der Waals surface area contributed by atoms with Crippen LogP contribution >= 0.6 is 24.0 Å². The molecule has 0 bridgehead atoms. The lowest BCUT2D eigenvalue weighted by Crippen LogP contribution is -2.42. The zero-order chi connectivity index (χ0) is 19.3. The van der Waals surface area contributed by atoms with Crippen LogP contribution in [-0.2, 0) is 13.6 Å². The number of thiocarbonyl (C=S) groups is 1. The molecular formula is C18H39NO3S2Si. The van der Waals surface area contributed by atoms with E-state index in [1.807, 2.05) is 39.5 Å². The van der Waals surface area contributed by atoms with Crippen molar-refractivity contribution in [3.05, 3.63) is 0 Å². The Labute approximate surface area is 167 Å². The average molecular weight is 410 g/mol. The number of rotatable bonds is 10. The van der Waals surface area contributed by atoms with Gasteiger partial charge in [0.15, 0.2) is 0 Å². The predicted octanol–water partition coefficient (Wildman–Crippen LogP) is 4.00. The van der Waals surface area contributed by atoms with E-state index in [4.69, 9.17) is 25.8 Å². The van der Waals surface area contributed by atoms with Gasteiger partial charge in [-0.05, 0) is 54.4 Å². The molecule has 4 nitrogen and oxygen atoms in total. The quantitative estimate of drug-likeness (QED) is 0.400. The first kappa shape index (κ1) is 25.3. The van der Waals surface area contributed by atoms with E-state index in [0.717, 1.165) is 36.4 Å². The van der Waals surface area contributed by atoms with Gasteiger partial charge < -0.3 is 18.5 Å². The van der Waals surface area contributed by atoms with Crippen molar-refractivity contribution in [2.45, 2.75) is 73.5 Å². The number of nitrogens with zero attached hydrogens (tertiary/aromatic N) is 1. The number of hydrogen-bond donors (Lipinski definition) is 0. The highest BCUT2D eigenvalue weighted by atomic mass is 32.2. The maximum atomic E-state index is 5.41. The van der Waals surface area contributed by atoms with Gasteiger partial charge in [0.25, 0.3) is 0 Å². The highest BCUT2D eigenvalue weighted by Crippen LogP contribution is 2.36. The molecule has 1 saturated heterocycles. The van der Waals surface area contributed by atoms with Gasteiger partial charge in [0.2, 0.25) is 0 Å². The van der Waals surface area contributed by atoms with E-state index in [2.05, 4.69) is 25.7 Å². The fourth-order valence-electron chi connectivity index (χ4n) is 2.16. The molecule has 7 heteroatoms. The van der Waals surface area contributed by atoms with Crippen molar-refractivity contribution >= 4 is 38.3 Å². The van der Waals surface area contributed by atoms with Gasteiger partial charge in [0.1, 0.15) is 4.32 Å². The van der Waals surface area contributed by atoms with Crippen LogP contribution in [0.5, 0.6) is 0 Å². The molecule has 1 aliphatic rings. The Kier molecular flexibility index (Phi) is 14.6. The third kappa shape index (κ3) is 11.6. The standard InChI is InChI=1S/C12H23NOS2.C6H16O2Si/c1-4-12(9-14-10-12)7-8-16-11(15)13(5-2)6-3;1-5(2)7-9-8-6(3)4/h4-10H2,1-3H3;5-6H,9H2,1-4H3. The van der Waals surface area contributed by atoms with Crippen LogP contribution in [0.15, 0.2) is 0 Å². The van der Waals surface area contributed by atoms with Gasteiger partial charge in [-0.25, -0.2) is 0 Å². The average Bonchev–Trinajstić information content (AvgIpc) is 2.51. The van der Waals surface area contributed by atoms with E-state index in [1.54, 1.807) is 0 Å². The SMILES string of the molecule is CC(C)O[SiH2]OC(C)C.CCN(CC)C(=S)SCCC1(CC)COC1. The van der Waals surface area contributed by atoms with E-state index in [0.29, 0.717) is 17.6 Å². The minimum Gasteiger partial charge on any atom is -0.396 e. The monoisotopic (exact) mass is 409 g/mol. The van der Waals surface area contributed by atoms with E-state index in [1.165, 1.54) is 12.8 Å². The zero-order valence-electron chi connectivity index (χ0n) is 17.3. The van der Waals surface area contributed by atoms with E-state index >= 15 is 0 Å². The Hall–Kier alpha value is 0.337. The smallest absolute Gasteiger partial charge is 0.304 e. The molecule has 1 aliphatic heterocycles. The first-order valence-corrected chi connectivity index (χ1v) is 12.1. The van der Waals surface area contributed by atoms with Crippen LogP contribution in [0.4, 0.5) is 0 Å². The molecule has 0 unspecified atom stereocenters. The molecule has 150 valence electrons. The van der Waals surface area contributed by atoms with E-state index < -0.39 is 10.0 Å². The van der Waals surface area contributed by atoms with Gasteiger partial charge in [0.05, 0.1) is 13.2 Å². The Morgan fingerprint density at radius 3 is 1.96 bits per heavy atom. The molecule has 1 fully saturated rings. The van der Waals surface area contributed by atoms with Crippen LogP contribution < -0.4 is 0 Å². The second-order valence-electron chi connectivity index (χ2n) is 6.93. The summed E-state index contributed by atoms with van der Waals surface area (Å²) in [6.07, 6.45) is 3.12. The van der Waals surface area contributed by atoms with E-state index in [-0.39, 0.29) is 0 Å². The molecule has 0 N–H and O–H groups in total. The van der Waals surface area contributed by atoms with Crippen molar-refractivity contribution in [3.8, 4) is 0 Å². The van der Waals surface area contributed by atoms with Gasteiger partial charge in [-0.15, -0.1) is 0 Å². The van der Waals surface area contributed by atoms with Crippen molar-refractivity contribution < 1.29 is 13.6 Å². The molecule has 1 rings (SSSR count). The third-order valence-corrected chi connectivity index (χ3v) is 7.38.